The Morgan fingerprint density at radius 1 is 1.30 bits per heavy atom. The van der Waals surface area contributed by atoms with Crippen LogP contribution in [0.3, 0.4) is 0 Å². The van der Waals surface area contributed by atoms with E-state index in [-0.39, 0.29) is 24.2 Å². The van der Waals surface area contributed by atoms with E-state index in [2.05, 4.69) is 5.32 Å². The quantitative estimate of drug-likeness (QED) is 0.524. The molecule has 150 valence electrons. The van der Waals surface area contributed by atoms with Crippen LogP contribution in [0, 0.1) is 17.8 Å². The fourth-order valence-corrected chi connectivity index (χ4v) is 4.44. The molecule has 0 bridgehead atoms. The van der Waals surface area contributed by atoms with Gasteiger partial charge in [-0.2, -0.15) is 0 Å². The van der Waals surface area contributed by atoms with Crippen LogP contribution in [0.5, 0.6) is 0 Å². The molecule has 0 aromatic heterocycles. The van der Waals surface area contributed by atoms with Crippen LogP contribution in [0.25, 0.3) is 0 Å². The van der Waals surface area contributed by atoms with Gasteiger partial charge >= 0.3 is 5.97 Å². The Kier molecular flexibility index (Phi) is 5.89. The van der Waals surface area contributed by atoms with Crippen molar-refractivity contribution in [1.29, 1.82) is 0 Å². The van der Waals surface area contributed by atoms with E-state index >= 15 is 0 Å². The van der Waals surface area contributed by atoms with Gasteiger partial charge in [-0.1, -0.05) is 12.2 Å². The lowest BCUT2D eigenvalue weighted by Crippen LogP contribution is -2.52. The molecule has 0 aromatic carbocycles. The van der Waals surface area contributed by atoms with E-state index in [1.807, 2.05) is 12.2 Å². The number of aliphatic hydroxyl groups is 1. The number of rotatable bonds is 1. The van der Waals surface area contributed by atoms with Crippen molar-refractivity contribution in [3.8, 4) is 0 Å². The van der Waals surface area contributed by atoms with Gasteiger partial charge in [-0.3, -0.25) is 9.59 Å². The molecule has 1 heterocycles. The Labute approximate surface area is 160 Å². The Bertz CT molecular complexity index is 634. The van der Waals surface area contributed by atoms with Gasteiger partial charge < -0.3 is 20.1 Å². The topological polar surface area (TPSA) is 95.9 Å². The van der Waals surface area contributed by atoms with Gasteiger partial charge in [0.25, 0.3) is 0 Å². The summed E-state index contributed by atoms with van der Waals surface area (Å²) in [4.78, 5) is 40.0. The molecule has 7 nitrogen and oxygen atoms in total. The zero-order valence-electron chi connectivity index (χ0n) is 16.1. The summed E-state index contributed by atoms with van der Waals surface area (Å²) in [5.41, 5.74) is -1.03. The van der Waals surface area contributed by atoms with Crippen molar-refractivity contribution < 1.29 is 24.2 Å². The normalized spacial score (nSPS) is 38.7. The molecule has 2 fully saturated rings. The standard InChI is InChI=1S/C20H30N2O5/c1-22-10-6-4-3-5-7-13-12-20(13,19(26)27-2)21-17(24)16-11-14(23)8-9-15(16)18(22)25/h5,7,13-16,23H,3-4,6,8-12H2,1-2H3,(H,21,24)/b7-5-/t13-,14+,15-,16-,20-/m1/s1. The molecule has 3 aliphatic rings. The zero-order valence-corrected chi connectivity index (χ0v) is 16.1. The minimum absolute atomic E-state index is 0.0471. The summed E-state index contributed by atoms with van der Waals surface area (Å²) >= 11 is 0. The van der Waals surface area contributed by atoms with Crippen molar-refractivity contribution in [3.63, 3.8) is 0 Å². The Morgan fingerprint density at radius 2 is 2.07 bits per heavy atom. The first-order valence-corrected chi connectivity index (χ1v) is 9.89. The van der Waals surface area contributed by atoms with Gasteiger partial charge in [0, 0.05) is 25.4 Å². The van der Waals surface area contributed by atoms with Crippen molar-refractivity contribution in [2.45, 2.75) is 56.6 Å². The van der Waals surface area contributed by atoms with Crippen LogP contribution in [0.15, 0.2) is 12.2 Å². The molecule has 2 amide bonds. The number of carbonyl (C=O) groups is 3. The molecule has 7 heteroatoms. The number of hydrogen-bond donors (Lipinski definition) is 2. The number of amides is 2. The first kappa shape index (κ1) is 19.9. The number of nitrogens with zero attached hydrogens (tertiary/aromatic N) is 1. The van der Waals surface area contributed by atoms with Crippen molar-refractivity contribution in [2.75, 3.05) is 20.7 Å². The van der Waals surface area contributed by atoms with E-state index in [0.29, 0.717) is 25.8 Å². The first-order chi connectivity index (χ1) is 12.9. The summed E-state index contributed by atoms with van der Waals surface area (Å²) in [7, 11) is 3.09. The highest BCUT2D eigenvalue weighted by molar-refractivity contribution is 5.94. The second-order valence-corrected chi connectivity index (χ2v) is 8.13. The van der Waals surface area contributed by atoms with Gasteiger partial charge in [0.2, 0.25) is 11.8 Å². The Balaban J connectivity index is 1.87. The molecule has 2 saturated carbocycles. The number of nitrogens with one attached hydrogen (secondary N) is 1. The third-order valence-electron chi connectivity index (χ3n) is 6.25. The summed E-state index contributed by atoms with van der Waals surface area (Å²) in [5.74, 6) is -1.99. The monoisotopic (exact) mass is 378 g/mol. The van der Waals surface area contributed by atoms with E-state index in [9.17, 15) is 19.5 Å². The molecule has 0 unspecified atom stereocenters. The van der Waals surface area contributed by atoms with E-state index in [1.165, 1.54) is 7.11 Å². The summed E-state index contributed by atoms with van der Waals surface area (Å²) in [5, 5.41) is 13.0. The highest BCUT2D eigenvalue weighted by Crippen LogP contribution is 2.46. The Morgan fingerprint density at radius 3 is 2.81 bits per heavy atom. The molecule has 3 rings (SSSR count). The molecule has 0 aromatic rings. The maximum absolute atomic E-state index is 13.1. The van der Waals surface area contributed by atoms with Crippen molar-refractivity contribution in [3.05, 3.63) is 12.2 Å². The van der Waals surface area contributed by atoms with Gasteiger partial charge in [0.15, 0.2) is 0 Å². The van der Waals surface area contributed by atoms with Crippen LogP contribution in [-0.4, -0.2) is 60.1 Å². The fourth-order valence-electron chi connectivity index (χ4n) is 4.44. The van der Waals surface area contributed by atoms with Crippen LogP contribution in [0.1, 0.15) is 44.9 Å². The van der Waals surface area contributed by atoms with E-state index in [4.69, 9.17) is 4.74 Å². The van der Waals surface area contributed by atoms with Gasteiger partial charge in [-0.15, -0.1) is 0 Å². The van der Waals surface area contributed by atoms with Gasteiger partial charge in [-0.05, 0) is 44.9 Å². The van der Waals surface area contributed by atoms with Crippen LogP contribution in [-0.2, 0) is 19.1 Å². The Hall–Kier alpha value is -1.89. The molecule has 0 saturated heterocycles. The van der Waals surface area contributed by atoms with Crippen LogP contribution >= 0.6 is 0 Å². The van der Waals surface area contributed by atoms with Crippen LogP contribution < -0.4 is 5.32 Å². The molecular weight excluding hydrogens is 348 g/mol. The minimum atomic E-state index is -1.03. The molecule has 0 spiro atoms. The largest absolute Gasteiger partial charge is 0.467 e. The number of allylic oxidation sites excluding steroid dienone is 1. The van der Waals surface area contributed by atoms with E-state index < -0.39 is 29.4 Å². The van der Waals surface area contributed by atoms with Crippen LogP contribution in [0.4, 0.5) is 0 Å². The van der Waals surface area contributed by atoms with E-state index in [0.717, 1.165) is 19.3 Å². The third kappa shape index (κ3) is 4.03. The van der Waals surface area contributed by atoms with Gasteiger partial charge in [-0.25, -0.2) is 4.79 Å². The number of carbonyl (C=O) groups excluding carboxylic acids is 3. The molecule has 2 aliphatic carbocycles. The first-order valence-electron chi connectivity index (χ1n) is 9.89. The van der Waals surface area contributed by atoms with Crippen molar-refractivity contribution in [1.82, 2.24) is 10.2 Å². The third-order valence-corrected chi connectivity index (χ3v) is 6.25. The number of fused-ring (bicyclic) bond motifs is 2. The second kappa shape index (κ2) is 8.00. The summed E-state index contributed by atoms with van der Waals surface area (Å²) in [6.07, 6.45) is 7.92. The predicted molar refractivity (Wildman–Crippen MR) is 98.5 cm³/mol. The summed E-state index contributed by atoms with van der Waals surface area (Å²) < 4.78 is 4.94. The smallest absolute Gasteiger partial charge is 0.332 e. The highest BCUT2D eigenvalue weighted by Gasteiger charge is 2.61. The molecular formula is C20H30N2O5. The molecule has 27 heavy (non-hydrogen) atoms. The van der Waals surface area contributed by atoms with Gasteiger partial charge in [0.1, 0.15) is 5.54 Å². The number of hydrogen-bond acceptors (Lipinski definition) is 5. The lowest BCUT2D eigenvalue weighted by Gasteiger charge is -2.35. The van der Waals surface area contributed by atoms with Gasteiger partial charge in [0.05, 0.1) is 19.1 Å². The zero-order chi connectivity index (χ0) is 19.6. The molecule has 2 N–H and O–H groups in total. The molecule has 0 radical (unpaired) electrons. The summed E-state index contributed by atoms with van der Waals surface area (Å²) in [6.45, 7) is 0.662. The maximum Gasteiger partial charge on any atom is 0.332 e. The predicted octanol–water partition coefficient (Wildman–Crippen LogP) is 1.01. The van der Waals surface area contributed by atoms with Crippen molar-refractivity contribution in [2.24, 2.45) is 17.8 Å². The number of aliphatic hydroxyl groups excluding tert-OH is 1. The number of ether oxygens (including phenoxy) is 1. The van der Waals surface area contributed by atoms with Crippen LogP contribution in [0.2, 0.25) is 0 Å². The molecule has 1 aliphatic heterocycles. The van der Waals surface area contributed by atoms with E-state index in [1.54, 1.807) is 11.9 Å². The summed E-state index contributed by atoms with van der Waals surface area (Å²) in [6, 6.07) is 0. The second-order valence-electron chi connectivity index (χ2n) is 8.13. The minimum Gasteiger partial charge on any atom is -0.467 e. The number of methoxy groups -OCH3 is 1. The lowest BCUT2D eigenvalue weighted by molar-refractivity contribution is -0.150. The average molecular weight is 378 g/mol. The SMILES string of the molecule is COC(=O)[C@@]12C[C@H]1/C=C\CCCCN(C)C(=O)[C@@H]1CC[C@H](O)C[C@H]1C(=O)N2. The lowest BCUT2D eigenvalue weighted by atomic mass is 9.76. The maximum atomic E-state index is 13.1. The number of esters is 1. The fraction of sp³-hybridized carbons (Fsp3) is 0.750. The molecule has 5 atom stereocenters. The van der Waals surface area contributed by atoms with Crippen molar-refractivity contribution >= 4 is 17.8 Å². The highest BCUT2D eigenvalue weighted by atomic mass is 16.5. The average Bonchev–Trinajstić information content (AvgIpc) is 3.35.